The average molecular weight is 271 g/mol. The highest BCUT2D eigenvalue weighted by Crippen LogP contribution is 2.19. The van der Waals surface area contributed by atoms with E-state index in [1.165, 1.54) is 12.3 Å². The van der Waals surface area contributed by atoms with Gasteiger partial charge in [0.25, 0.3) is 10.0 Å². The number of hydrogen-bond acceptors (Lipinski definition) is 7. The molecule has 0 saturated heterocycles. The molecule has 0 fully saturated rings. The quantitative estimate of drug-likeness (QED) is 0.846. The molecule has 0 saturated carbocycles. The van der Waals surface area contributed by atoms with Crippen LogP contribution >= 0.6 is 11.5 Å². The van der Waals surface area contributed by atoms with Gasteiger partial charge in [0.2, 0.25) is 5.13 Å². The number of nitrogens with one attached hydrogen (secondary N) is 1. The van der Waals surface area contributed by atoms with E-state index in [4.69, 9.17) is 5.73 Å². The van der Waals surface area contributed by atoms with Crippen molar-refractivity contribution in [3.05, 3.63) is 24.2 Å². The molecule has 0 aliphatic heterocycles. The minimum absolute atomic E-state index is 0.0845. The molecule has 0 bridgehead atoms. The molecule has 0 aliphatic carbocycles. The van der Waals surface area contributed by atoms with Crippen molar-refractivity contribution in [2.75, 3.05) is 10.5 Å². The van der Waals surface area contributed by atoms with Gasteiger partial charge in [-0.05, 0) is 19.1 Å². The molecule has 2 aromatic rings. The third-order valence-corrected chi connectivity index (χ3v) is 3.97. The van der Waals surface area contributed by atoms with Gasteiger partial charge in [0.15, 0.2) is 5.03 Å². The van der Waals surface area contributed by atoms with Crippen LogP contribution in [0.1, 0.15) is 5.82 Å². The van der Waals surface area contributed by atoms with Crippen LogP contribution in [0.3, 0.4) is 0 Å². The molecule has 0 aromatic carbocycles. The van der Waals surface area contributed by atoms with Crippen molar-refractivity contribution in [3.63, 3.8) is 0 Å². The molecule has 7 nitrogen and oxygen atoms in total. The van der Waals surface area contributed by atoms with Crippen LogP contribution in [0.2, 0.25) is 0 Å². The topological polar surface area (TPSA) is 111 Å². The van der Waals surface area contributed by atoms with Gasteiger partial charge < -0.3 is 5.73 Å². The normalized spacial score (nSPS) is 11.4. The van der Waals surface area contributed by atoms with Gasteiger partial charge in [-0.2, -0.15) is 12.8 Å². The summed E-state index contributed by atoms with van der Waals surface area (Å²) in [5, 5.41) is -0.0274. The van der Waals surface area contributed by atoms with Gasteiger partial charge in [-0.15, -0.1) is 0 Å². The number of aryl methyl sites for hydroxylation is 1. The molecule has 2 aromatic heterocycles. The maximum atomic E-state index is 11.9. The summed E-state index contributed by atoms with van der Waals surface area (Å²) < 4.78 is 30.0. The molecule has 2 heterocycles. The molecule has 0 atom stereocenters. The van der Waals surface area contributed by atoms with Gasteiger partial charge in [-0.3, -0.25) is 4.72 Å². The number of hydrogen-bond donors (Lipinski definition) is 2. The van der Waals surface area contributed by atoms with E-state index in [-0.39, 0.29) is 15.8 Å². The Morgan fingerprint density at radius 1 is 1.47 bits per heavy atom. The van der Waals surface area contributed by atoms with Crippen LogP contribution in [0.5, 0.6) is 0 Å². The van der Waals surface area contributed by atoms with Gasteiger partial charge in [0.1, 0.15) is 5.82 Å². The van der Waals surface area contributed by atoms with Gasteiger partial charge in [-0.25, -0.2) is 9.97 Å². The fraction of sp³-hybridized carbons (Fsp3) is 0.125. The zero-order chi connectivity index (χ0) is 12.5. The minimum Gasteiger partial charge on any atom is -0.396 e. The van der Waals surface area contributed by atoms with E-state index in [0.29, 0.717) is 5.82 Å². The number of rotatable bonds is 3. The molecule has 17 heavy (non-hydrogen) atoms. The van der Waals surface area contributed by atoms with Crippen molar-refractivity contribution in [1.82, 2.24) is 14.3 Å². The van der Waals surface area contributed by atoms with E-state index >= 15 is 0 Å². The van der Waals surface area contributed by atoms with Crippen LogP contribution in [-0.4, -0.2) is 22.8 Å². The predicted molar refractivity (Wildman–Crippen MR) is 64.1 cm³/mol. The maximum absolute atomic E-state index is 11.9. The molecule has 0 aliphatic rings. The van der Waals surface area contributed by atoms with Crippen LogP contribution in [0.25, 0.3) is 0 Å². The largest absolute Gasteiger partial charge is 0.396 e. The number of pyridine rings is 1. The first-order valence-electron chi connectivity index (χ1n) is 4.52. The van der Waals surface area contributed by atoms with Crippen molar-refractivity contribution >= 4 is 32.4 Å². The first kappa shape index (κ1) is 11.7. The standard InChI is InChI=1S/C8H9N5O2S2/c1-5-11-8(16-12-5)13-17(14,15)7-6(9)3-2-4-10-7/h2-4H,9H2,1H3,(H,11,12,13). The number of nitrogens with zero attached hydrogens (tertiary/aromatic N) is 3. The summed E-state index contributed by atoms with van der Waals surface area (Å²) in [4.78, 5) is 7.63. The van der Waals surface area contributed by atoms with Crippen LogP contribution < -0.4 is 10.5 Å². The second-order valence-electron chi connectivity index (χ2n) is 3.15. The summed E-state index contributed by atoms with van der Waals surface area (Å²) >= 11 is 0.957. The Labute approximate surface area is 102 Å². The maximum Gasteiger partial charge on any atom is 0.283 e. The van der Waals surface area contributed by atoms with Gasteiger partial charge in [0, 0.05) is 17.7 Å². The summed E-state index contributed by atoms with van der Waals surface area (Å²) in [6.07, 6.45) is 1.36. The summed E-state index contributed by atoms with van der Waals surface area (Å²) in [7, 11) is -3.81. The lowest BCUT2D eigenvalue weighted by Gasteiger charge is -2.05. The Kier molecular flexibility index (Phi) is 2.94. The molecule has 9 heteroatoms. The molecule has 2 rings (SSSR count). The smallest absolute Gasteiger partial charge is 0.283 e. The predicted octanol–water partition coefficient (Wildman–Crippen LogP) is 0.625. The van der Waals surface area contributed by atoms with Crippen LogP contribution in [-0.2, 0) is 10.0 Å². The lowest BCUT2D eigenvalue weighted by molar-refractivity contribution is 0.598. The van der Waals surface area contributed by atoms with Gasteiger partial charge in [0.05, 0.1) is 5.69 Å². The van der Waals surface area contributed by atoms with Crippen molar-refractivity contribution in [2.24, 2.45) is 0 Å². The van der Waals surface area contributed by atoms with E-state index in [2.05, 4.69) is 19.1 Å². The highest BCUT2D eigenvalue weighted by Gasteiger charge is 2.20. The second kappa shape index (κ2) is 4.26. The van der Waals surface area contributed by atoms with Gasteiger partial charge >= 0.3 is 0 Å². The number of nitrogen functional groups attached to an aromatic ring is 1. The first-order chi connectivity index (χ1) is 7.99. The minimum atomic E-state index is -3.81. The molecule has 90 valence electrons. The number of nitrogens with two attached hydrogens (primary N) is 1. The molecule has 0 amide bonds. The summed E-state index contributed by atoms with van der Waals surface area (Å²) in [6, 6.07) is 3.02. The van der Waals surface area contributed by atoms with E-state index in [9.17, 15) is 8.42 Å². The SMILES string of the molecule is Cc1nsc(NS(=O)(=O)c2ncccc2N)n1. The lowest BCUT2D eigenvalue weighted by Crippen LogP contribution is -2.16. The Hall–Kier alpha value is -1.74. The van der Waals surface area contributed by atoms with Crippen molar-refractivity contribution in [2.45, 2.75) is 11.9 Å². The van der Waals surface area contributed by atoms with E-state index in [1.54, 1.807) is 13.0 Å². The fourth-order valence-electron chi connectivity index (χ4n) is 1.13. The highest BCUT2D eigenvalue weighted by atomic mass is 32.2. The number of aromatic nitrogens is 3. The van der Waals surface area contributed by atoms with E-state index in [1.807, 2.05) is 0 Å². The number of anilines is 2. The van der Waals surface area contributed by atoms with E-state index < -0.39 is 10.0 Å². The fourth-order valence-corrected chi connectivity index (χ4v) is 2.99. The monoisotopic (exact) mass is 271 g/mol. The van der Waals surface area contributed by atoms with Crippen LogP contribution in [0.4, 0.5) is 10.8 Å². The summed E-state index contributed by atoms with van der Waals surface area (Å²) in [5.41, 5.74) is 5.64. The van der Waals surface area contributed by atoms with Crippen LogP contribution in [0, 0.1) is 6.92 Å². The Bertz CT molecular complexity index is 637. The number of sulfonamides is 1. The molecule has 0 spiro atoms. The van der Waals surface area contributed by atoms with Gasteiger partial charge in [-0.1, -0.05) is 0 Å². The van der Waals surface area contributed by atoms with Crippen molar-refractivity contribution in [1.29, 1.82) is 0 Å². The molecule has 3 N–H and O–H groups in total. The summed E-state index contributed by atoms with van der Waals surface area (Å²) in [5.74, 6) is 0.502. The second-order valence-corrected chi connectivity index (χ2v) is 5.50. The third-order valence-electron chi connectivity index (χ3n) is 1.80. The zero-order valence-electron chi connectivity index (χ0n) is 8.78. The molecular weight excluding hydrogens is 262 g/mol. The first-order valence-corrected chi connectivity index (χ1v) is 6.78. The highest BCUT2D eigenvalue weighted by molar-refractivity contribution is 7.93. The molecule has 0 unspecified atom stereocenters. The van der Waals surface area contributed by atoms with E-state index in [0.717, 1.165) is 11.5 Å². The summed E-state index contributed by atoms with van der Waals surface area (Å²) in [6.45, 7) is 1.67. The zero-order valence-corrected chi connectivity index (χ0v) is 10.4. The van der Waals surface area contributed by atoms with Crippen molar-refractivity contribution < 1.29 is 8.42 Å². The average Bonchev–Trinajstić information content (AvgIpc) is 2.63. The Balaban J connectivity index is 2.35. The molecule has 0 radical (unpaired) electrons. The van der Waals surface area contributed by atoms with Crippen LogP contribution in [0.15, 0.2) is 23.4 Å². The van der Waals surface area contributed by atoms with Crippen molar-refractivity contribution in [3.8, 4) is 0 Å². The lowest BCUT2D eigenvalue weighted by atomic mass is 10.4. The molecular formula is C8H9N5O2S2. The Morgan fingerprint density at radius 2 is 2.24 bits per heavy atom. The Morgan fingerprint density at radius 3 is 2.82 bits per heavy atom. The third kappa shape index (κ3) is 2.50.